The third-order valence-corrected chi connectivity index (χ3v) is 5.12. The van der Waals surface area contributed by atoms with Gasteiger partial charge in [-0.2, -0.15) is 5.10 Å². The molecule has 2 rings (SSSR count). The average molecular weight is 385 g/mol. The predicted octanol–water partition coefficient (Wildman–Crippen LogP) is 4.34. The van der Waals surface area contributed by atoms with Crippen LogP contribution in [0.25, 0.3) is 0 Å². The van der Waals surface area contributed by atoms with Crippen molar-refractivity contribution in [3.63, 3.8) is 0 Å². The minimum Gasteiger partial charge on any atom is -0.380 e. The first-order valence-corrected chi connectivity index (χ1v) is 10.4. The van der Waals surface area contributed by atoms with Gasteiger partial charge in [0.2, 0.25) is 5.91 Å². The smallest absolute Gasteiger partial charge is 0.220 e. The molecule has 154 valence electrons. The summed E-state index contributed by atoms with van der Waals surface area (Å²) < 4.78 is 2.08. The topological polar surface area (TPSA) is 59.0 Å². The first kappa shape index (κ1) is 22.0. The van der Waals surface area contributed by atoms with Crippen molar-refractivity contribution in [1.82, 2.24) is 15.1 Å². The number of nitrogens with zero attached hydrogens (tertiary/aromatic N) is 2. The molecule has 28 heavy (non-hydrogen) atoms. The van der Waals surface area contributed by atoms with E-state index in [-0.39, 0.29) is 11.9 Å². The Morgan fingerprint density at radius 1 is 1.11 bits per heavy atom. The van der Waals surface area contributed by atoms with Crippen molar-refractivity contribution in [3.05, 3.63) is 47.3 Å². The Morgan fingerprint density at radius 3 is 2.39 bits per heavy atom. The predicted molar refractivity (Wildman–Crippen MR) is 117 cm³/mol. The number of aryl methyl sites for hydroxylation is 1. The third-order valence-electron chi connectivity index (χ3n) is 5.12. The van der Waals surface area contributed by atoms with E-state index in [9.17, 15) is 4.79 Å². The molecule has 1 heterocycles. The number of anilines is 1. The second-order valence-corrected chi connectivity index (χ2v) is 8.39. The number of hydrogen-bond donors (Lipinski definition) is 2. The average Bonchev–Trinajstić information content (AvgIpc) is 2.90. The van der Waals surface area contributed by atoms with E-state index in [1.54, 1.807) is 0 Å². The van der Waals surface area contributed by atoms with Gasteiger partial charge in [0.15, 0.2) is 0 Å². The van der Waals surface area contributed by atoms with Crippen molar-refractivity contribution < 1.29 is 4.79 Å². The molecular weight excluding hydrogens is 348 g/mol. The van der Waals surface area contributed by atoms with E-state index in [1.165, 1.54) is 11.3 Å². The second kappa shape index (κ2) is 10.3. The van der Waals surface area contributed by atoms with E-state index in [4.69, 9.17) is 0 Å². The second-order valence-electron chi connectivity index (χ2n) is 8.39. The van der Waals surface area contributed by atoms with Crippen molar-refractivity contribution in [2.24, 2.45) is 11.8 Å². The largest absolute Gasteiger partial charge is 0.380 e. The Labute approximate surface area is 169 Å². The Kier molecular flexibility index (Phi) is 8.09. The van der Waals surface area contributed by atoms with Crippen molar-refractivity contribution >= 4 is 11.6 Å². The van der Waals surface area contributed by atoms with Crippen LogP contribution in [0, 0.1) is 25.7 Å². The minimum absolute atomic E-state index is 0.0934. The Balaban J connectivity index is 1.87. The molecule has 0 radical (unpaired) electrons. The molecule has 1 aromatic heterocycles. The summed E-state index contributed by atoms with van der Waals surface area (Å²) in [7, 11) is 0. The van der Waals surface area contributed by atoms with Gasteiger partial charge in [-0.3, -0.25) is 9.48 Å². The van der Waals surface area contributed by atoms with Gasteiger partial charge in [-0.1, -0.05) is 45.9 Å². The van der Waals surface area contributed by atoms with Crippen LogP contribution in [0.15, 0.2) is 30.3 Å². The number of hydrogen-bond acceptors (Lipinski definition) is 3. The first-order valence-electron chi connectivity index (χ1n) is 10.4. The summed E-state index contributed by atoms with van der Waals surface area (Å²) in [5.41, 5.74) is 4.51. The Bertz CT molecular complexity index is 749. The van der Waals surface area contributed by atoms with Gasteiger partial charge in [0.1, 0.15) is 0 Å². The lowest BCUT2D eigenvalue weighted by atomic mass is 10.0. The third kappa shape index (κ3) is 6.39. The zero-order valence-corrected chi connectivity index (χ0v) is 18.2. The summed E-state index contributed by atoms with van der Waals surface area (Å²) in [5.74, 6) is 1.06. The highest BCUT2D eigenvalue weighted by molar-refractivity contribution is 5.76. The van der Waals surface area contributed by atoms with Crippen molar-refractivity contribution in [1.29, 1.82) is 0 Å². The first-order chi connectivity index (χ1) is 13.3. The number of carbonyl (C=O) groups excluding carboxylic acids is 1. The van der Waals surface area contributed by atoms with E-state index in [0.29, 0.717) is 24.8 Å². The van der Waals surface area contributed by atoms with E-state index in [2.05, 4.69) is 67.2 Å². The molecule has 0 aliphatic heterocycles. The molecule has 0 fully saturated rings. The van der Waals surface area contributed by atoms with E-state index < -0.39 is 0 Å². The molecule has 1 amide bonds. The lowest BCUT2D eigenvalue weighted by Crippen LogP contribution is -2.39. The normalized spacial score (nSPS) is 12.4. The molecule has 0 unspecified atom stereocenters. The van der Waals surface area contributed by atoms with Gasteiger partial charge in [0.25, 0.3) is 0 Å². The zero-order chi connectivity index (χ0) is 20.7. The van der Waals surface area contributed by atoms with Crippen LogP contribution in [-0.2, 0) is 17.8 Å². The standard InChI is InChI=1S/C23H36N4O/c1-16(2)15-27-19(6)21(18(5)26-27)12-13-23(28)24-14-22(17(3)4)25-20-10-8-7-9-11-20/h7-11,16-17,22,25H,12-15H2,1-6H3,(H,24,28)/t22-/m0/s1. The van der Waals surface area contributed by atoms with Crippen molar-refractivity contribution in [2.75, 3.05) is 11.9 Å². The number of aromatic nitrogens is 2. The number of amides is 1. The lowest BCUT2D eigenvalue weighted by Gasteiger charge is -2.24. The number of carbonyl (C=O) groups is 1. The maximum Gasteiger partial charge on any atom is 0.220 e. The summed E-state index contributed by atoms with van der Waals surface area (Å²) in [6, 6.07) is 10.3. The van der Waals surface area contributed by atoms with Gasteiger partial charge in [-0.25, -0.2) is 0 Å². The quantitative estimate of drug-likeness (QED) is 0.640. The molecule has 5 heteroatoms. The van der Waals surface area contributed by atoms with E-state index >= 15 is 0 Å². The fourth-order valence-electron chi connectivity index (χ4n) is 3.37. The minimum atomic E-state index is 0.0934. The van der Waals surface area contributed by atoms with Crippen LogP contribution >= 0.6 is 0 Å². The highest BCUT2D eigenvalue weighted by Gasteiger charge is 2.16. The fraction of sp³-hybridized carbons (Fsp3) is 0.565. The zero-order valence-electron chi connectivity index (χ0n) is 18.2. The van der Waals surface area contributed by atoms with Crippen LogP contribution in [0.3, 0.4) is 0 Å². The molecule has 2 N–H and O–H groups in total. The maximum absolute atomic E-state index is 12.4. The van der Waals surface area contributed by atoms with Crippen LogP contribution in [0.4, 0.5) is 5.69 Å². The monoisotopic (exact) mass is 384 g/mol. The molecular formula is C23H36N4O. The highest BCUT2D eigenvalue weighted by atomic mass is 16.1. The van der Waals surface area contributed by atoms with Gasteiger partial charge in [-0.05, 0) is 49.8 Å². The summed E-state index contributed by atoms with van der Waals surface area (Å²) in [6.45, 7) is 14.4. The van der Waals surface area contributed by atoms with Crippen molar-refractivity contribution in [2.45, 2.75) is 67.0 Å². The number of benzene rings is 1. The molecule has 0 bridgehead atoms. The number of rotatable bonds is 10. The van der Waals surface area contributed by atoms with Gasteiger partial charge < -0.3 is 10.6 Å². The molecule has 5 nitrogen and oxygen atoms in total. The van der Waals surface area contributed by atoms with Crippen LogP contribution in [0.1, 0.15) is 51.1 Å². The number of para-hydroxylation sites is 1. The van der Waals surface area contributed by atoms with Gasteiger partial charge in [-0.15, -0.1) is 0 Å². The van der Waals surface area contributed by atoms with Gasteiger partial charge >= 0.3 is 0 Å². The molecule has 0 aliphatic rings. The van der Waals surface area contributed by atoms with E-state index in [1.807, 2.05) is 25.1 Å². The van der Waals surface area contributed by atoms with Gasteiger partial charge in [0, 0.05) is 36.9 Å². The molecule has 1 aromatic carbocycles. The molecule has 0 saturated heterocycles. The highest BCUT2D eigenvalue weighted by Crippen LogP contribution is 2.17. The summed E-state index contributed by atoms with van der Waals surface area (Å²) in [6.07, 6.45) is 1.23. The van der Waals surface area contributed by atoms with E-state index in [0.717, 1.165) is 24.3 Å². The molecule has 1 atom stereocenters. The summed E-state index contributed by atoms with van der Waals surface area (Å²) in [4.78, 5) is 12.4. The van der Waals surface area contributed by atoms with Crippen LogP contribution in [-0.4, -0.2) is 28.3 Å². The SMILES string of the molecule is Cc1nn(CC(C)C)c(C)c1CCC(=O)NC[C@H](Nc1ccccc1)C(C)C. The summed E-state index contributed by atoms with van der Waals surface area (Å²) in [5, 5.41) is 11.3. The molecule has 0 saturated carbocycles. The van der Waals surface area contributed by atoms with Gasteiger partial charge in [0.05, 0.1) is 5.69 Å². The molecule has 0 aliphatic carbocycles. The molecule has 0 spiro atoms. The fourth-order valence-corrected chi connectivity index (χ4v) is 3.37. The van der Waals surface area contributed by atoms with Crippen LogP contribution in [0.2, 0.25) is 0 Å². The Hall–Kier alpha value is -2.30. The van der Waals surface area contributed by atoms with Crippen LogP contribution < -0.4 is 10.6 Å². The van der Waals surface area contributed by atoms with Crippen LogP contribution in [0.5, 0.6) is 0 Å². The molecule has 2 aromatic rings. The van der Waals surface area contributed by atoms with Crippen molar-refractivity contribution in [3.8, 4) is 0 Å². The maximum atomic E-state index is 12.4. The Morgan fingerprint density at radius 2 is 1.79 bits per heavy atom. The lowest BCUT2D eigenvalue weighted by molar-refractivity contribution is -0.121. The summed E-state index contributed by atoms with van der Waals surface area (Å²) >= 11 is 0. The number of nitrogens with one attached hydrogen (secondary N) is 2.